The number of esters is 1. The highest BCUT2D eigenvalue weighted by Crippen LogP contribution is 2.34. The maximum Gasteiger partial charge on any atom is 0.326 e. The minimum Gasteiger partial charge on any atom is -0.493 e. The van der Waals surface area contributed by atoms with Crippen LogP contribution < -0.4 is 9.47 Å². The molecule has 2 aromatic rings. The normalized spacial score (nSPS) is 14.9. The van der Waals surface area contributed by atoms with E-state index in [0.29, 0.717) is 23.7 Å². The van der Waals surface area contributed by atoms with Gasteiger partial charge in [0.2, 0.25) is 0 Å². The van der Waals surface area contributed by atoms with Crippen molar-refractivity contribution in [2.75, 3.05) is 20.3 Å². The van der Waals surface area contributed by atoms with Gasteiger partial charge in [-0.05, 0) is 60.2 Å². The Hall–Kier alpha value is -3.33. The highest BCUT2D eigenvalue weighted by Gasteiger charge is 2.36. The Balaban J connectivity index is 1.73. The van der Waals surface area contributed by atoms with Crippen molar-refractivity contribution in [3.63, 3.8) is 0 Å². The Labute approximate surface area is 177 Å². The molecule has 0 bridgehead atoms. The standard InChI is InChI=1S/C21H20N2O6S/c1-3-28-19(24)12-23-20(25)18(30-21(23)26)11-15-4-5-16(17(10-15)27-2)29-13-14-6-8-22-9-7-14/h4-11H,3,12-13H2,1-2H3/b18-11-. The van der Waals surface area contributed by atoms with E-state index in [1.165, 1.54) is 7.11 Å². The fraction of sp³-hybridized carbons (Fsp3) is 0.238. The molecule has 1 aromatic heterocycles. The second kappa shape index (κ2) is 9.93. The Bertz CT molecular complexity index is 977. The lowest BCUT2D eigenvalue weighted by molar-refractivity contribution is -0.145. The van der Waals surface area contributed by atoms with Gasteiger partial charge in [0, 0.05) is 12.4 Å². The van der Waals surface area contributed by atoms with Gasteiger partial charge in [-0.25, -0.2) is 0 Å². The van der Waals surface area contributed by atoms with Gasteiger partial charge in [0.1, 0.15) is 13.2 Å². The van der Waals surface area contributed by atoms with Crippen molar-refractivity contribution in [1.29, 1.82) is 0 Å². The molecule has 1 saturated heterocycles. The number of hydrogen-bond donors (Lipinski definition) is 0. The van der Waals surface area contributed by atoms with Crippen molar-refractivity contribution in [3.8, 4) is 11.5 Å². The van der Waals surface area contributed by atoms with Gasteiger partial charge in [-0.15, -0.1) is 0 Å². The van der Waals surface area contributed by atoms with Crippen LogP contribution in [0.2, 0.25) is 0 Å². The highest BCUT2D eigenvalue weighted by molar-refractivity contribution is 8.18. The second-order valence-electron chi connectivity index (χ2n) is 6.13. The van der Waals surface area contributed by atoms with Crippen LogP contribution in [0.4, 0.5) is 4.79 Å². The Kier molecular flexibility index (Phi) is 7.08. The van der Waals surface area contributed by atoms with Gasteiger partial charge < -0.3 is 14.2 Å². The van der Waals surface area contributed by atoms with Gasteiger partial charge in [-0.2, -0.15) is 0 Å². The molecule has 0 N–H and O–H groups in total. The molecule has 1 aliphatic heterocycles. The van der Waals surface area contributed by atoms with E-state index in [1.54, 1.807) is 43.6 Å². The molecule has 2 amide bonds. The quantitative estimate of drug-likeness (QED) is 0.467. The SMILES string of the molecule is CCOC(=O)CN1C(=O)S/C(=C\c2ccc(OCc3ccncc3)c(OC)c2)C1=O. The molecular weight excluding hydrogens is 408 g/mol. The van der Waals surface area contributed by atoms with Crippen LogP contribution in [-0.4, -0.2) is 47.3 Å². The molecule has 8 nitrogen and oxygen atoms in total. The van der Waals surface area contributed by atoms with Crippen LogP contribution in [0.15, 0.2) is 47.6 Å². The maximum absolute atomic E-state index is 12.5. The summed E-state index contributed by atoms with van der Waals surface area (Å²) in [5.74, 6) is -0.126. The summed E-state index contributed by atoms with van der Waals surface area (Å²) in [7, 11) is 1.52. The Morgan fingerprint density at radius 2 is 1.93 bits per heavy atom. The summed E-state index contributed by atoms with van der Waals surface area (Å²) in [4.78, 5) is 41.2. The molecule has 0 unspecified atom stereocenters. The van der Waals surface area contributed by atoms with Crippen molar-refractivity contribution in [2.24, 2.45) is 0 Å². The van der Waals surface area contributed by atoms with E-state index in [1.807, 2.05) is 12.1 Å². The van der Waals surface area contributed by atoms with Crippen LogP contribution in [0.1, 0.15) is 18.1 Å². The molecule has 0 aliphatic carbocycles. The zero-order valence-corrected chi connectivity index (χ0v) is 17.3. The van der Waals surface area contributed by atoms with E-state index < -0.39 is 23.7 Å². The van der Waals surface area contributed by atoms with Gasteiger partial charge in [-0.1, -0.05) is 6.07 Å². The summed E-state index contributed by atoms with van der Waals surface area (Å²) >= 11 is 0.775. The first-order valence-electron chi connectivity index (χ1n) is 9.12. The third-order valence-corrected chi connectivity index (χ3v) is 5.00. The first-order chi connectivity index (χ1) is 14.5. The van der Waals surface area contributed by atoms with E-state index in [2.05, 4.69) is 4.98 Å². The lowest BCUT2D eigenvalue weighted by Crippen LogP contribution is -2.34. The molecule has 0 atom stereocenters. The Morgan fingerprint density at radius 1 is 1.17 bits per heavy atom. The molecule has 1 fully saturated rings. The predicted octanol–water partition coefficient (Wildman–Crippen LogP) is 3.27. The molecule has 30 heavy (non-hydrogen) atoms. The minimum atomic E-state index is -0.626. The van der Waals surface area contributed by atoms with Crippen LogP contribution in [-0.2, 0) is 20.9 Å². The van der Waals surface area contributed by atoms with Crippen LogP contribution in [0, 0.1) is 0 Å². The number of ether oxygens (including phenoxy) is 3. The largest absolute Gasteiger partial charge is 0.493 e. The van der Waals surface area contributed by atoms with E-state index in [-0.39, 0.29) is 11.5 Å². The number of imide groups is 1. The van der Waals surface area contributed by atoms with Crippen LogP contribution in [0.25, 0.3) is 6.08 Å². The summed E-state index contributed by atoms with van der Waals surface area (Å²) < 4.78 is 16.0. The summed E-state index contributed by atoms with van der Waals surface area (Å²) in [5.41, 5.74) is 1.62. The molecule has 1 aliphatic rings. The van der Waals surface area contributed by atoms with Crippen molar-refractivity contribution < 1.29 is 28.6 Å². The molecular formula is C21H20N2O6S. The van der Waals surface area contributed by atoms with Gasteiger partial charge in [-0.3, -0.25) is 24.3 Å². The molecule has 0 saturated carbocycles. The summed E-state index contributed by atoms with van der Waals surface area (Å²) in [6, 6.07) is 8.90. The monoisotopic (exact) mass is 428 g/mol. The van der Waals surface area contributed by atoms with Crippen molar-refractivity contribution in [2.45, 2.75) is 13.5 Å². The van der Waals surface area contributed by atoms with Crippen molar-refractivity contribution in [1.82, 2.24) is 9.88 Å². The third kappa shape index (κ3) is 5.18. The fourth-order valence-electron chi connectivity index (χ4n) is 2.66. The number of amides is 2. The maximum atomic E-state index is 12.5. The summed E-state index contributed by atoms with van der Waals surface area (Å²) in [6.45, 7) is 1.79. The molecule has 2 heterocycles. The fourth-order valence-corrected chi connectivity index (χ4v) is 3.49. The van der Waals surface area contributed by atoms with Gasteiger partial charge in [0.25, 0.3) is 11.1 Å². The molecule has 1 aromatic carbocycles. The lowest BCUT2D eigenvalue weighted by Gasteiger charge is -2.12. The number of benzene rings is 1. The number of thioether (sulfide) groups is 1. The Morgan fingerprint density at radius 3 is 2.63 bits per heavy atom. The van der Waals surface area contributed by atoms with E-state index in [9.17, 15) is 14.4 Å². The van der Waals surface area contributed by atoms with Crippen LogP contribution >= 0.6 is 11.8 Å². The molecule has 0 spiro atoms. The number of aromatic nitrogens is 1. The minimum absolute atomic E-state index is 0.181. The average Bonchev–Trinajstić information content (AvgIpc) is 3.01. The zero-order chi connectivity index (χ0) is 21.5. The number of hydrogen-bond acceptors (Lipinski definition) is 8. The number of methoxy groups -OCH3 is 1. The number of carbonyl (C=O) groups excluding carboxylic acids is 3. The van der Waals surface area contributed by atoms with Gasteiger partial charge >= 0.3 is 5.97 Å². The summed E-state index contributed by atoms with van der Waals surface area (Å²) in [6.07, 6.45) is 4.95. The first-order valence-corrected chi connectivity index (χ1v) is 9.94. The van der Waals surface area contributed by atoms with Crippen LogP contribution in [0.5, 0.6) is 11.5 Å². The number of carbonyl (C=O) groups is 3. The molecule has 0 radical (unpaired) electrons. The number of rotatable bonds is 8. The lowest BCUT2D eigenvalue weighted by atomic mass is 10.2. The topological polar surface area (TPSA) is 95.0 Å². The molecule has 3 rings (SSSR count). The van der Waals surface area contributed by atoms with Crippen LogP contribution in [0.3, 0.4) is 0 Å². The zero-order valence-electron chi connectivity index (χ0n) is 16.5. The summed E-state index contributed by atoms with van der Waals surface area (Å²) in [5, 5.41) is -0.511. The van der Waals surface area contributed by atoms with E-state index in [4.69, 9.17) is 14.2 Å². The number of nitrogens with zero attached hydrogens (tertiary/aromatic N) is 2. The highest BCUT2D eigenvalue weighted by atomic mass is 32.2. The van der Waals surface area contributed by atoms with Gasteiger partial charge in [0.15, 0.2) is 11.5 Å². The van der Waals surface area contributed by atoms with E-state index in [0.717, 1.165) is 22.2 Å². The predicted molar refractivity (Wildman–Crippen MR) is 111 cm³/mol. The molecule has 156 valence electrons. The average molecular weight is 428 g/mol. The van der Waals surface area contributed by atoms with Crippen molar-refractivity contribution >= 4 is 35.0 Å². The second-order valence-corrected chi connectivity index (χ2v) is 7.12. The smallest absolute Gasteiger partial charge is 0.326 e. The van der Waals surface area contributed by atoms with Crippen molar-refractivity contribution in [3.05, 3.63) is 58.8 Å². The first kappa shape index (κ1) is 21.4. The van der Waals surface area contributed by atoms with Gasteiger partial charge in [0.05, 0.1) is 18.6 Å². The van der Waals surface area contributed by atoms with E-state index >= 15 is 0 Å². The number of pyridine rings is 1. The molecule has 9 heteroatoms. The third-order valence-electron chi connectivity index (χ3n) is 4.10.